The van der Waals surface area contributed by atoms with Crippen LogP contribution in [0, 0.1) is 0 Å². The van der Waals surface area contributed by atoms with Crippen molar-refractivity contribution in [1.29, 1.82) is 0 Å². The first-order valence-corrected chi connectivity index (χ1v) is 4.84. The summed E-state index contributed by atoms with van der Waals surface area (Å²) in [6.07, 6.45) is 1.28. The predicted molar refractivity (Wildman–Crippen MR) is 59.6 cm³/mol. The lowest BCUT2D eigenvalue weighted by molar-refractivity contribution is 0.0696. The fourth-order valence-corrected chi connectivity index (χ4v) is 1.22. The van der Waals surface area contributed by atoms with E-state index in [1.807, 2.05) is 20.8 Å². The second-order valence-electron chi connectivity index (χ2n) is 4.23. The van der Waals surface area contributed by atoms with Crippen molar-refractivity contribution >= 4 is 23.4 Å². The van der Waals surface area contributed by atoms with Crippen molar-refractivity contribution in [2.75, 3.05) is 5.32 Å². The molecule has 0 fully saturated rings. The number of carboxylic acid groups (broad SMARTS) is 1. The predicted octanol–water partition coefficient (Wildman–Crippen LogP) is 2.64. The van der Waals surface area contributed by atoms with Gasteiger partial charge in [-0.2, -0.15) is 0 Å². The number of pyridine rings is 1. The summed E-state index contributed by atoms with van der Waals surface area (Å²) < 4.78 is 0. The Balaban J connectivity index is 2.99. The minimum Gasteiger partial charge on any atom is -0.478 e. The number of carboxylic acids is 1. The number of hydrogen-bond acceptors (Lipinski definition) is 3. The number of carbonyl (C=O) groups is 1. The van der Waals surface area contributed by atoms with Crippen molar-refractivity contribution in [1.82, 2.24) is 4.98 Å². The van der Waals surface area contributed by atoms with Crippen LogP contribution >= 0.6 is 11.6 Å². The molecule has 0 aliphatic carbocycles. The lowest BCUT2D eigenvalue weighted by Gasteiger charge is -2.21. The molecular formula is C10H13ClN2O2. The van der Waals surface area contributed by atoms with Gasteiger partial charge in [-0.25, -0.2) is 9.78 Å². The van der Waals surface area contributed by atoms with E-state index in [1.54, 1.807) is 0 Å². The first-order chi connectivity index (χ1) is 6.79. The molecule has 82 valence electrons. The Hall–Kier alpha value is -1.29. The second-order valence-corrected chi connectivity index (χ2v) is 4.64. The highest BCUT2D eigenvalue weighted by molar-refractivity contribution is 6.33. The average molecular weight is 229 g/mol. The van der Waals surface area contributed by atoms with Crippen molar-refractivity contribution in [3.63, 3.8) is 0 Å². The third kappa shape index (κ3) is 3.40. The van der Waals surface area contributed by atoms with Crippen LogP contribution in [-0.2, 0) is 0 Å². The molecule has 4 nitrogen and oxygen atoms in total. The van der Waals surface area contributed by atoms with E-state index < -0.39 is 5.97 Å². The van der Waals surface area contributed by atoms with Crippen molar-refractivity contribution in [3.8, 4) is 0 Å². The van der Waals surface area contributed by atoms with Crippen LogP contribution in [0.25, 0.3) is 0 Å². The molecule has 2 N–H and O–H groups in total. The minimum absolute atomic E-state index is 0.0828. The van der Waals surface area contributed by atoms with Gasteiger partial charge in [-0.3, -0.25) is 0 Å². The van der Waals surface area contributed by atoms with Gasteiger partial charge in [0.1, 0.15) is 5.82 Å². The van der Waals surface area contributed by atoms with Gasteiger partial charge in [0, 0.05) is 11.7 Å². The maximum atomic E-state index is 10.6. The maximum Gasteiger partial charge on any atom is 0.337 e. The van der Waals surface area contributed by atoms with E-state index in [0.717, 1.165) is 0 Å². The number of hydrogen-bond donors (Lipinski definition) is 2. The van der Waals surface area contributed by atoms with Crippen molar-refractivity contribution in [3.05, 3.63) is 22.8 Å². The van der Waals surface area contributed by atoms with Crippen molar-refractivity contribution in [2.24, 2.45) is 0 Å². The largest absolute Gasteiger partial charge is 0.478 e. The summed E-state index contributed by atoms with van der Waals surface area (Å²) >= 11 is 5.89. The summed E-state index contributed by atoms with van der Waals surface area (Å²) in [4.78, 5) is 14.6. The van der Waals surface area contributed by atoms with Crippen LogP contribution in [0.4, 0.5) is 5.82 Å². The van der Waals surface area contributed by atoms with Crippen LogP contribution in [0.3, 0.4) is 0 Å². The van der Waals surface area contributed by atoms with Gasteiger partial charge in [-0.1, -0.05) is 11.6 Å². The molecule has 0 amide bonds. The molecule has 1 rings (SSSR count). The number of rotatable bonds is 2. The number of nitrogens with zero attached hydrogens (tertiary/aromatic N) is 1. The van der Waals surface area contributed by atoms with Gasteiger partial charge in [-0.15, -0.1) is 0 Å². The van der Waals surface area contributed by atoms with Gasteiger partial charge in [0.25, 0.3) is 0 Å². The lowest BCUT2D eigenvalue weighted by atomic mass is 10.1. The molecule has 0 bridgehead atoms. The van der Waals surface area contributed by atoms with E-state index in [9.17, 15) is 4.79 Å². The molecule has 1 aromatic rings. The Labute approximate surface area is 93.3 Å². The number of halogens is 1. The van der Waals surface area contributed by atoms with Gasteiger partial charge >= 0.3 is 5.97 Å². The molecule has 0 saturated heterocycles. The molecule has 0 saturated carbocycles. The van der Waals surface area contributed by atoms with Crippen LogP contribution < -0.4 is 5.32 Å². The SMILES string of the molecule is CC(C)(C)Nc1ncc(C(=O)O)cc1Cl. The maximum absolute atomic E-state index is 10.6. The smallest absolute Gasteiger partial charge is 0.337 e. The number of anilines is 1. The summed E-state index contributed by atoms with van der Waals surface area (Å²) in [7, 11) is 0. The van der Waals surface area contributed by atoms with E-state index >= 15 is 0 Å². The summed E-state index contributed by atoms with van der Waals surface area (Å²) in [5.41, 5.74) is -0.0825. The van der Waals surface area contributed by atoms with Crippen molar-refractivity contribution < 1.29 is 9.90 Å². The molecule has 0 spiro atoms. The molecule has 0 aromatic carbocycles. The minimum atomic E-state index is -1.04. The van der Waals surface area contributed by atoms with Crippen LogP contribution in [0.1, 0.15) is 31.1 Å². The number of aromatic carboxylic acids is 1. The van der Waals surface area contributed by atoms with E-state index in [0.29, 0.717) is 10.8 Å². The standard InChI is InChI=1S/C10H13ClN2O2/c1-10(2,3)13-8-7(11)4-6(5-12-8)9(14)15/h4-5H,1-3H3,(H,12,13)(H,14,15). The molecule has 0 radical (unpaired) electrons. The van der Waals surface area contributed by atoms with Crippen LogP contribution in [-0.4, -0.2) is 21.6 Å². The van der Waals surface area contributed by atoms with Gasteiger partial charge in [-0.05, 0) is 26.8 Å². The van der Waals surface area contributed by atoms with Crippen LogP contribution in [0.5, 0.6) is 0 Å². The normalized spacial score (nSPS) is 11.2. The molecule has 0 aliphatic rings. The Bertz CT molecular complexity index is 385. The summed E-state index contributed by atoms with van der Waals surface area (Å²) in [5, 5.41) is 12.1. The quantitative estimate of drug-likeness (QED) is 0.817. The molecule has 5 heteroatoms. The van der Waals surface area contributed by atoms with Crippen molar-refractivity contribution in [2.45, 2.75) is 26.3 Å². The van der Waals surface area contributed by atoms with E-state index in [-0.39, 0.29) is 11.1 Å². The zero-order chi connectivity index (χ0) is 11.6. The third-order valence-corrected chi connectivity index (χ3v) is 1.87. The Morgan fingerprint density at radius 1 is 1.53 bits per heavy atom. The lowest BCUT2D eigenvalue weighted by Crippen LogP contribution is -2.26. The highest BCUT2D eigenvalue weighted by Gasteiger charge is 2.14. The molecule has 0 atom stereocenters. The van der Waals surface area contributed by atoms with Gasteiger partial charge < -0.3 is 10.4 Å². The van der Waals surface area contributed by atoms with Gasteiger partial charge in [0.05, 0.1) is 10.6 Å². The zero-order valence-electron chi connectivity index (χ0n) is 8.84. The summed E-state index contributed by atoms with van der Waals surface area (Å²) in [6.45, 7) is 5.91. The zero-order valence-corrected chi connectivity index (χ0v) is 9.59. The van der Waals surface area contributed by atoms with Crippen LogP contribution in [0.2, 0.25) is 5.02 Å². The Morgan fingerprint density at radius 2 is 2.13 bits per heavy atom. The van der Waals surface area contributed by atoms with E-state index in [1.165, 1.54) is 12.3 Å². The third-order valence-electron chi connectivity index (χ3n) is 1.58. The van der Waals surface area contributed by atoms with E-state index in [4.69, 9.17) is 16.7 Å². The van der Waals surface area contributed by atoms with E-state index in [2.05, 4.69) is 10.3 Å². The average Bonchev–Trinajstić information content (AvgIpc) is 2.05. The first-order valence-electron chi connectivity index (χ1n) is 4.46. The Morgan fingerprint density at radius 3 is 2.53 bits per heavy atom. The molecule has 0 aliphatic heterocycles. The summed E-state index contributed by atoms with van der Waals surface area (Å²) in [6, 6.07) is 1.38. The molecule has 1 heterocycles. The highest BCUT2D eigenvalue weighted by Crippen LogP contribution is 2.23. The molecule has 1 aromatic heterocycles. The topological polar surface area (TPSA) is 62.2 Å². The highest BCUT2D eigenvalue weighted by atomic mass is 35.5. The monoisotopic (exact) mass is 228 g/mol. The Kier molecular flexibility index (Phi) is 3.19. The fourth-order valence-electron chi connectivity index (χ4n) is 1.00. The van der Waals surface area contributed by atoms with Gasteiger partial charge in [0.2, 0.25) is 0 Å². The summed E-state index contributed by atoms with van der Waals surface area (Å²) in [5.74, 6) is -0.541. The molecular weight excluding hydrogens is 216 g/mol. The second kappa shape index (κ2) is 4.06. The first kappa shape index (κ1) is 11.8. The number of nitrogens with one attached hydrogen (secondary N) is 1. The van der Waals surface area contributed by atoms with Gasteiger partial charge in [0.15, 0.2) is 0 Å². The molecule has 0 unspecified atom stereocenters. The number of aromatic nitrogens is 1. The van der Waals surface area contributed by atoms with Crippen LogP contribution in [0.15, 0.2) is 12.3 Å². The molecule has 15 heavy (non-hydrogen) atoms. The fraction of sp³-hybridized carbons (Fsp3) is 0.400.